The van der Waals surface area contributed by atoms with Crippen LogP contribution in [0.15, 0.2) is 12.1 Å². The Balaban J connectivity index is 2.14. The van der Waals surface area contributed by atoms with Crippen LogP contribution in [0.4, 0.5) is 16.4 Å². The van der Waals surface area contributed by atoms with Crippen LogP contribution in [-0.4, -0.2) is 43.0 Å². The highest BCUT2D eigenvalue weighted by atomic mass is 79.9. The van der Waals surface area contributed by atoms with Crippen molar-refractivity contribution < 1.29 is 14.3 Å². The smallest absolute Gasteiger partial charge is 0.413 e. The first-order valence-electron chi connectivity index (χ1n) is 7.27. The molecule has 1 aromatic rings. The predicted octanol–water partition coefficient (Wildman–Crippen LogP) is 3.16. The minimum absolute atomic E-state index is 0.493. The van der Waals surface area contributed by atoms with Crippen molar-refractivity contribution in [3.63, 3.8) is 0 Å². The van der Waals surface area contributed by atoms with E-state index in [1.165, 1.54) is 0 Å². The fourth-order valence-electron chi connectivity index (χ4n) is 2.07. The van der Waals surface area contributed by atoms with Gasteiger partial charge < -0.3 is 14.4 Å². The molecule has 1 aliphatic heterocycles. The Morgan fingerprint density at radius 1 is 1.41 bits per heavy atom. The van der Waals surface area contributed by atoms with E-state index >= 15 is 0 Å². The molecule has 2 rings (SSSR count). The number of carbonyl (C=O) groups excluding carboxylic acids is 1. The maximum Gasteiger partial charge on any atom is 0.413 e. The van der Waals surface area contributed by atoms with Gasteiger partial charge in [0.05, 0.1) is 13.2 Å². The molecule has 1 fully saturated rings. The fraction of sp³-hybridized carbons (Fsp3) is 0.600. The van der Waals surface area contributed by atoms with Crippen molar-refractivity contribution in [3.05, 3.63) is 17.7 Å². The number of pyridine rings is 1. The number of alkyl halides is 1. The number of halogens is 1. The Morgan fingerprint density at radius 3 is 2.68 bits per heavy atom. The molecule has 0 atom stereocenters. The number of nitrogens with zero attached hydrogens (tertiary/aromatic N) is 2. The van der Waals surface area contributed by atoms with E-state index in [4.69, 9.17) is 9.47 Å². The monoisotopic (exact) mass is 371 g/mol. The summed E-state index contributed by atoms with van der Waals surface area (Å²) < 4.78 is 10.6. The normalized spacial score (nSPS) is 15.5. The highest BCUT2D eigenvalue weighted by Crippen LogP contribution is 2.21. The van der Waals surface area contributed by atoms with Crippen LogP contribution in [0.25, 0.3) is 0 Å². The number of hydrogen-bond donors (Lipinski definition) is 1. The molecular formula is C15H22BrN3O3. The van der Waals surface area contributed by atoms with Gasteiger partial charge in [0.2, 0.25) is 0 Å². The van der Waals surface area contributed by atoms with Crippen molar-refractivity contribution in [1.82, 2.24) is 4.98 Å². The number of carbonyl (C=O) groups is 1. The predicted molar refractivity (Wildman–Crippen MR) is 89.8 cm³/mol. The van der Waals surface area contributed by atoms with Crippen molar-refractivity contribution in [2.75, 3.05) is 36.5 Å². The first-order valence-corrected chi connectivity index (χ1v) is 8.39. The first-order chi connectivity index (χ1) is 10.4. The van der Waals surface area contributed by atoms with Gasteiger partial charge in [0.15, 0.2) is 0 Å². The Hall–Kier alpha value is -1.34. The summed E-state index contributed by atoms with van der Waals surface area (Å²) in [5.74, 6) is 1.33. The molecule has 0 unspecified atom stereocenters. The zero-order valence-corrected chi connectivity index (χ0v) is 14.8. The van der Waals surface area contributed by atoms with Crippen LogP contribution in [0.1, 0.15) is 26.3 Å². The Morgan fingerprint density at radius 2 is 2.09 bits per heavy atom. The van der Waals surface area contributed by atoms with Crippen LogP contribution < -0.4 is 10.2 Å². The van der Waals surface area contributed by atoms with Crippen molar-refractivity contribution in [2.24, 2.45) is 0 Å². The van der Waals surface area contributed by atoms with Crippen LogP contribution in [-0.2, 0) is 14.8 Å². The Labute approximate surface area is 139 Å². The summed E-state index contributed by atoms with van der Waals surface area (Å²) in [6.07, 6.45) is -0.500. The third-order valence-corrected chi connectivity index (χ3v) is 3.64. The highest BCUT2D eigenvalue weighted by Gasteiger charge is 2.18. The molecule has 0 aliphatic carbocycles. The number of amides is 1. The Kier molecular flexibility index (Phi) is 5.63. The molecule has 0 aromatic carbocycles. The van der Waals surface area contributed by atoms with Crippen LogP contribution in [0.3, 0.4) is 0 Å². The van der Waals surface area contributed by atoms with Gasteiger partial charge >= 0.3 is 6.09 Å². The molecule has 122 valence electrons. The van der Waals surface area contributed by atoms with E-state index in [0.717, 1.165) is 24.5 Å². The molecule has 2 heterocycles. The number of aromatic nitrogens is 1. The minimum atomic E-state index is -0.538. The van der Waals surface area contributed by atoms with Crippen molar-refractivity contribution in [3.8, 4) is 0 Å². The second-order valence-electron chi connectivity index (χ2n) is 6.08. The fourth-order valence-corrected chi connectivity index (χ4v) is 2.40. The van der Waals surface area contributed by atoms with Gasteiger partial charge in [0.1, 0.15) is 17.2 Å². The van der Waals surface area contributed by atoms with E-state index in [9.17, 15) is 4.79 Å². The van der Waals surface area contributed by atoms with Gasteiger partial charge in [-0.25, -0.2) is 9.78 Å². The number of hydrogen-bond acceptors (Lipinski definition) is 5. The molecule has 7 heteroatoms. The average molecular weight is 372 g/mol. The van der Waals surface area contributed by atoms with E-state index in [0.29, 0.717) is 24.4 Å². The standard InChI is InChI=1S/C15H22BrN3O3/c1-15(2,3)22-14(20)18-12-8-11(10-16)9-13(17-12)19-4-6-21-7-5-19/h8-9H,4-7,10H2,1-3H3,(H,17,18,20). The lowest BCUT2D eigenvalue weighted by atomic mass is 10.2. The number of ether oxygens (including phenoxy) is 2. The summed E-state index contributed by atoms with van der Waals surface area (Å²) in [5.41, 5.74) is 0.506. The SMILES string of the molecule is CC(C)(C)OC(=O)Nc1cc(CBr)cc(N2CCOCC2)n1. The molecule has 0 spiro atoms. The van der Waals surface area contributed by atoms with Gasteiger partial charge in [-0.15, -0.1) is 0 Å². The second-order valence-corrected chi connectivity index (χ2v) is 6.64. The van der Waals surface area contributed by atoms with E-state index in [1.54, 1.807) is 0 Å². The maximum absolute atomic E-state index is 11.9. The molecule has 1 N–H and O–H groups in total. The molecule has 22 heavy (non-hydrogen) atoms. The van der Waals surface area contributed by atoms with Gasteiger partial charge in [0.25, 0.3) is 0 Å². The number of morpholine rings is 1. The Bertz CT molecular complexity index is 525. The van der Waals surface area contributed by atoms with Crippen molar-refractivity contribution in [1.29, 1.82) is 0 Å². The topological polar surface area (TPSA) is 63.7 Å². The summed E-state index contributed by atoms with van der Waals surface area (Å²) in [7, 11) is 0. The second kappa shape index (κ2) is 7.28. The number of rotatable bonds is 3. The minimum Gasteiger partial charge on any atom is -0.444 e. The molecule has 1 amide bonds. The van der Waals surface area contributed by atoms with Gasteiger partial charge in [-0.3, -0.25) is 5.32 Å². The van der Waals surface area contributed by atoms with Gasteiger partial charge in [-0.1, -0.05) is 15.9 Å². The van der Waals surface area contributed by atoms with Gasteiger partial charge in [-0.05, 0) is 38.5 Å². The lowest BCUT2D eigenvalue weighted by Gasteiger charge is -2.28. The third-order valence-electron chi connectivity index (χ3n) is 2.99. The maximum atomic E-state index is 11.9. The lowest BCUT2D eigenvalue weighted by molar-refractivity contribution is 0.0635. The molecule has 0 bridgehead atoms. The zero-order chi connectivity index (χ0) is 16.2. The lowest BCUT2D eigenvalue weighted by Crippen LogP contribution is -2.37. The summed E-state index contributed by atoms with van der Waals surface area (Å²) in [6.45, 7) is 8.45. The van der Waals surface area contributed by atoms with E-state index < -0.39 is 11.7 Å². The van der Waals surface area contributed by atoms with Gasteiger partial charge in [0, 0.05) is 18.4 Å². The van der Waals surface area contributed by atoms with E-state index in [-0.39, 0.29) is 0 Å². The molecular weight excluding hydrogens is 350 g/mol. The van der Waals surface area contributed by atoms with Crippen LogP contribution >= 0.6 is 15.9 Å². The summed E-state index contributed by atoms with van der Waals surface area (Å²) >= 11 is 3.45. The summed E-state index contributed by atoms with van der Waals surface area (Å²) in [4.78, 5) is 18.6. The zero-order valence-electron chi connectivity index (χ0n) is 13.2. The van der Waals surface area contributed by atoms with Crippen LogP contribution in [0.2, 0.25) is 0 Å². The van der Waals surface area contributed by atoms with E-state index in [2.05, 4.69) is 31.1 Å². The summed E-state index contributed by atoms with van der Waals surface area (Å²) in [5, 5.41) is 3.39. The first kappa shape index (κ1) is 17.0. The summed E-state index contributed by atoms with van der Waals surface area (Å²) in [6, 6.07) is 3.85. The molecule has 6 nitrogen and oxygen atoms in total. The molecule has 0 saturated carbocycles. The molecule has 1 saturated heterocycles. The van der Waals surface area contributed by atoms with Crippen molar-refractivity contribution >= 4 is 33.7 Å². The van der Waals surface area contributed by atoms with E-state index in [1.807, 2.05) is 32.9 Å². The van der Waals surface area contributed by atoms with Crippen molar-refractivity contribution in [2.45, 2.75) is 31.7 Å². The largest absolute Gasteiger partial charge is 0.444 e. The van der Waals surface area contributed by atoms with Crippen LogP contribution in [0, 0.1) is 0 Å². The molecule has 1 aromatic heterocycles. The molecule has 0 radical (unpaired) electrons. The van der Waals surface area contributed by atoms with Crippen LogP contribution in [0.5, 0.6) is 0 Å². The molecule has 1 aliphatic rings. The quantitative estimate of drug-likeness (QED) is 0.826. The highest BCUT2D eigenvalue weighted by molar-refractivity contribution is 9.08. The average Bonchev–Trinajstić information content (AvgIpc) is 2.45. The third kappa shape index (κ3) is 5.14. The van der Waals surface area contributed by atoms with Gasteiger partial charge in [-0.2, -0.15) is 0 Å². The number of anilines is 2. The number of nitrogens with one attached hydrogen (secondary N) is 1.